The van der Waals surface area contributed by atoms with Crippen molar-refractivity contribution in [1.29, 1.82) is 0 Å². The molecule has 0 bridgehead atoms. The minimum Gasteiger partial charge on any atom is -0.496 e. The van der Waals surface area contributed by atoms with Crippen molar-refractivity contribution < 1.29 is 17.9 Å². The van der Waals surface area contributed by atoms with Crippen LogP contribution in [0.5, 0.6) is 5.75 Å². The summed E-state index contributed by atoms with van der Waals surface area (Å²) in [6.07, 6.45) is 0.199. The number of benzene rings is 1. The van der Waals surface area contributed by atoms with Gasteiger partial charge >= 0.3 is 0 Å². The minimum atomic E-state index is -3.02. The smallest absolute Gasteiger partial charge is 0.224 e. The molecular formula is C16H24N2O4S. The van der Waals surface area contributed by atoms with E-state index in [9.17, 15) is 13.2 Å². The normalized spacial score (nSPS) is 20.0. The number of ether oxygens (including phenoxy) is 1. The molecule has 1 N–H and O–H groups in total. The molecule has 1 amide bonds. The Balaban J connectivity index is 1.93. The first kappa shape index (κ1) is 17.7. The van der Waals surface area contributed by atoms with Gasteiger partial charge in [0.15, 0.2) is 9.84 Å². The van der Waals surface area contributed by atoms with Crippen LogP contribution in [0.3, 0.4) is 0 Å². The predicted molar refractivity (Wildman–Crippen MR) is 89.3 cm³/mol. The Kier molecular flexibility index (Phi) is 5.64. The fourth-order valence-corrected chi connectivity index (χ4v) is 4.21. The summed E-state index contributed by atoms with van der Waals surface area (Å²) in [6, 6.07) is 5.52. The molecule has 0 spiro atoms. The lowest BCUT2D eigenvalue weighted by molar-refractivity contribution is -0.130. The second-order valence-corrected chi connectivity index (χ2v) is 8.25. The van der Waals surface area contributed by atoms with Crippen molar-refractivity contribution in [3.63, 3.8) is 0 Å². The van der Waals surface area contributed by atoms with Gasteiger partial charge in [0.1, 0.15) is 5.75 Å². The number of nitrogens with zero attached hydrogens (tertiary/aromatic N) is 1. The number of carbonyl (C=O) groups is 1. The zero-order chi connectivity index (χ0) is 17.0. The van der Waals surface area contributed by atoms with Gasteiger partial charge in [-0.15, -0.1) is 0 Å². The summed E-state index contributed by atoms with van der Waals surface area (Å²) < 4.78 is 28.5. The molecule has 0 radical (unpaired) electrons. The number of methoxy groups -OCH3 is 1. The van der Waals surface area contributed by atoms with Crippen molar-refractivity contribution in [2.75, 3.05) is 32.2 Å². The van der Waals surface area contributed by atoms with Gasteiger partial charge in [0.2, 0.25) is 5.91 Å². The third-order valence-electron chi connectivity index (χ3n) is 4.03. The van der Waals surface area contributed by atoms with Crippen LogP contribution in [0.1, 0.15) is 17.5 Å². The molecular weight excluding hydrogens is 316 g/mol. The molecule has 0 aromatic heterocycles. The fraction of sp³-hybridized carbons (Fsp3) is 0.562. The van der Waals surface area contributed by atoms with E-state index in [4.69, 9.17) is 4.74 Å². The third-order valence-corrected chi connectivity index (χ3v) is 5.76. The Morgan fingerprint density at radius 1 is 1.43 bits per heavy atom. The van der Waals surface area contributed by atoms with Gasteiger partial charge in [0.25, 0.3) is 0 Å². The lowest BCUT2D eigenvalue weighted by Gasteiger charge is -2.25. The highest BCUT2D eigenvalue weighted by molar-refractivity contribution is 7.91. The summed E-state index contributed by atoms with van der Waals surface area (Å²) in [4.78, 5) is 13.9. The van der Waals surface area contributed by atoms with Crippen LogP contribution in [0, 0.1) is 6.92 Å². The van der Waals surface area contributed by atoms with Gasteiger partial charge in [0.05, 0.1) is 18.6 Å². The number of nitrogens with one attached hydrogen (secondary N) is 1. The molecule has 1 aliphatic heterocycles. The van der Waals surface area contributed by atoms with Crippen LogP contribution in [0.15, 0.2) is 18.2 Å². The Morgan fingerprint density at radius 2 is 2.17 bits per heavy atom. The molecule has 1 unspecified atom stereocenters. The van der Waals surface area contributed by atoms with Crippen molar-refractivity contribution in [1.82, 2.24) is 10.2 Å². The van der Waals surface area contributed by atoms with E-state index in [1.54, 1.807) is 19.1 Å². The van der Waals surface area contributed by atoms with Crippen molar-refractivity contribution in [2.24, 2.45) is 0 Å². The van der Waals surface area contributed by atoms with E-state index in [-0.39, 0.29) is 29.9 Å². The van der Waals surface area contributed by atoms with E-state index >= 15 is 0 Å². The highest BCUT2D eigenvalue weighted by atomic mass is 32.2. The SMILES string of the molecule is COc1ccc(CN(C)C(=O)CC2CS(=O)(=O)CCN2)cc1C. The van der Waals surface area contributed by atoms with Crippen molar-refractivity contribution in [3.8, 4) is 5.75 Å². The summed E-state index contributed by atoms with van der Waals surface area (Å²) >= 11 is 0. The maximum Gasteiger partial charge on any atom is 0.224 e. The number of sulfone groups is 1. The number of hydrogen-bond acceptors (Lipinski definition) is 5. The average Bonchev–Trinajstić information content (AvgIpc) is 2.46. The molecule has 7 heteroatoms. The highest BCUT2D eigenvalue weighted by Gasteiger charge is 2.26. The molecule has 1 fully saturated rings. The molecule has 1 aliphatic rings. The maximum atomic E-state index is 12.3. The topological polar surface area (TPSA) is 75.7 Å². The van der Waals surface area contributed by atoms with Crippen LogP contribution < -0.4 is 10.1 Å². The van der Waals surface area contributed by atoms with Gasteiger partial charge in [-0.3, -0.25) is 4.79 Å². The van der Waals surface area contributed by atoms with Gasteiger partial charge < -0.3 is 15.0 Å². The molecule has 23 heavy (non-hydrogen) atoms. The Morgan fingerprint density at radius 3 is 2.78 bits per heavy atom. The van der Waals surface area contributed by atoms with Crippen molar-refractivity contribution >= 4 is 15.7 Å². The van der Waals surface area contributed by atoms with Crippen molar-refractivity contribution in [3.05, 3.63) is 29.3 Å². The molecule has 1 heterocycles. The Hall–Kier alpha value is -1.60. The zero-order valence-corrected chi connectivity index (χ0v) is 14.6. The van der Waals surface area contributed by atoms with E-state index in [2.05, 4.69) is 5.32 Å². The lowest BCUT2D eigenvalue weighted by atomic mass is 10.1. The fourth-order valence-electron chi connectivity index (χ4n) is 2.77. The molecule has 2 rings (SSSR count). The first-order valence-corrected chi connectivity index (χ1v) is 9.44. The van der Waals surface area contributed by atoms with E-state index < -0.39 is 9.84 Å². The number of hydrogen-bond donors (Lipinski definition) is 1. The van der Waals surface area contributed by atoms with E-state index in [0.29, 0.717) is 13.1 Å². The van der Waals surface area contributed by atoms with Crippen LogP contribution in [0.2, 0.25) is 0 Å². The van der Waals surface area contributed by atoms with Crippen LogP contribution in [0.4, 0.5) is 0 Å². The van der Waals surface area contributed by atoms with Gasteiger partial charge in [0, 0.05) is 32.6 Å². The maximum absolute atomic E-state index is 12.3. The van der Waals surface area contributed by atoms with Gasteiger partial charge in [-0.25, -0.2) is 8.42 Å². The minimum absolute atomic E-state index is 0.0359. The monoisotopic (exact) mass is 340 g/mol. The summed E-state index contributed by atoms with van der Waals surface area (Å²) in [5, 5.41) is 3.11. The van der Waals surface area contributed by atoms with Gasteiger partial charge in [-0.05, 0) is 24.1 Å². The van der Waals surface area contributed by atoms with Gasteiger partial charge in [-0.2, -0.15) is 0 Å². The Bertz CT molecular complexity index is 673. The summed E-state index contributed by atoms with van der Waals surface area (Å²) in [5.41, 5.74) is 2.04. The van der Waals surface area contributed by atoms with E-state index in [1.165, 1.54) is 0 Å². The predicted octanol–water partition coefficient (Wildman–Crippen LogP) is 0.739. The standard InChI is InChI=1S/C16H24N2O4S/c1-12-8-13(4-5-15(12)22-3)10-18(2)16(19)9-14-11-23(20,21)7-6-17-14/h4-5,8,14,17H,6-7,9-11H2,1-3H3. The molecule has 0 aliphatic carbocycles. The first-order valence-electron chi connectivity index (χ1n) is 7.62. The lowest BCUT2D eigenvalue weighted by Crippen LogP contribution is -2.47. The molecule has 1 atom stereocenters. The van der Waals surface area contributed by atoms with Crippen LogP contribution in [-0.2, 0) is 21.2 Å². The second-order valence-electron chi connectivity index (χ2n) is 6.02. The Labute approximate surface area is 137 Å². The zero-order valence-electron chi connectivity index (χ0n) is 13.8. The number of rotatable bonds is 5. The number of amides is 1. The van der Waals surface area contributed by atoms with Crippen LogP contribution in [0.25, 0.3) is 0 Å². The van der Waals surface area contributed by atoms with Gasteiger partial charge in [-0.1, -0.05) is 12.1 Å². The first-order chi connectivity index (χ1) is 10.8. The molecule has 6 nitrogen and oxygen atoms in total. The second kappa shape index (κ2) is 7.31. The average molecular weight is 340 g/mol. The van der Waals surface area contributed by atoms with E-state index in [1.807, 2.05) is 25.1 Å². The number of carbonyl (C=O) groups excluding carboxylic acids is 1. The highest BCUT2D eigenvalue weighted by Crippen LogP contribution is 2.19. The molecule has 128 valence electrons. The molecule has 1 aromatic carbocycles. The summed E-state index contributed by atoms with van der Waals surface area (Å²) in [5.74, 6) is 0.944. The summed E-state index contributed by atoms with van der Waals surface area (Å²) in [6.45, 7) is 2.87. The van der Waals surface area contributed by atoms with Crippen LogP contribution in [-0.4, -0.2) is 57.5 Å². The van der Waals surface area contributed by atoms with Crippen molar-refractivity contribution in [2.45, 2.75) is 25.9 Å². The van der Waals surface area contributed by atoms with E-state index in [0.717, 1.165) is 16.9 Å². The molecule has 0 saturated carbocycles. The third kappa shape index (κ3) is 4.94. The summed E-state index contributed by atoms with van der Waals surface area (Å²) in [7, 11) is 0.341. The molecule has 1 aromatic rings. The van der Waals surface area contributed by atoms with Crippen LogP contribution >= 0.6 is 0 Å². The number of aryl methyl sites for hydroxylation is 1. The quantitative estimate of drug-likeness (QED) is 0.856. The largest absolute Gasteiger partial charge is 0.496 e. The molecule has 1 saturated heterocycles.